The van der Waals surface area contributed by atoms with Crippen molar-refractivity contribution in [1.82, 2.24) is 4.90 Å². The Morgan fingerprint density at radius 2 is 1.70 bits per heavy atom. The van der Waals surface area contributed by atoms with E-state index in [-0.39, 0.29) is 5.91 Å². The number of carbonyl (C=O) groups excluding carboxylic acids is 1. The highest BCUT2D eigenvalue weighted by atomic mass is 16.6. The normalized spacial score (nSPS) is 10.7. The molecule has 1 amide bonds. The van der Waals surface area contributed by atoms with E-state index < -0.39 is 0 Å². The van der Waals surface area contributed by atoms with Gasteiger partial charge in [0.25, 0.3) is 5.91 Å². The summed E-state index contributed by atoms with van der Waals surface area (Å²) in [6.45, 7) is 2.72. The van der Waals surface area contributed by atoms with Gasteiger partial charge in [0.05, 0.1) is 6.21 Å². The number of hydrogen-bond acceptors (Lipinski definition) is 3. The first kappa shape index (κ1) is 16.7. The van der Waals surface area contributed by atoms with Gasteiger partial charge in [-0.1, -0.05) is 48.5 Å². The summed E-state index contributed by atoms with van der Waals surface area (Å²) in [6.07, 6.45) is 2.63. The van der Waals surface area contributed by atoms with Crippen LogP contribution in [0.15, 0.2) is 53.7 Å². The topological polar surface area (TPSA) is 41.9 Å². The van der Waals surface area contributed by atoms with Crippen molar-refractivity contribution < 1.29 is 9.63 Å². The van der Waals surface area contributed by atoms with Gasteiger partial charge in [0.2, 0.25) is 0 Å². The van der Waals surface area contributed by atoms with E-state index in [2.05, 4.69) is 41.2 Å². The Morgan fingerprint density at radius 1 is 1.09 bits per heavy atom. The molecule has 0 N–H and O–H groups in total. The largest absolute Gasteiger partial charge is 0.399 e. The zero-order chi connectivity index (χ0) is 16.7. The van der Waals surface area contributed by atoms with Crippen LogP contribution in [0.3, 0.4) is 0 Å². The van der Waals surface area contributed by atoms with Gasteiger partial charge in [-0.25, -0.2) is 0 Å². The molecule has 4 heteroatoms. The summed E-state index contributed by atoms with van der Waals surface area (Å²) >= 11 is 0. The van der Waals surface area contributed by atoms with E-state index in [4.69, 9.17) is 0 Å². The fourth-order valence-corrected chi connectivity index (χ4v) is 2.27. The van der Waals surface area contributed by atoms with Crippen LogP contribution in [0.5, 0.6) is 0 Å². The molecule has 0 aliphatic rings. The summed E-state index contributed by atoms with van der Waals surface area (Å²) in [5.41, 5.74) is 3.98. The van der Waals surface area contributed by atoms with E-state index in [9.17, 15) is 4.79 Å². The molecule has 0 radical (unpaired) electrons. The lowest BCUT2D eigenvalue weighted by Gasteiger charge is -2.17. The highest BCUT2D eigenvalue weighted by Gasteiger charge is 2.11. The third kappa shape index (κ3) is 4.68. The Labute approximate surface area is 137 Å². The fraction of sp³-hybridized carbons (Fsp3) is 0.263. The molecule has 4 nitrogen and oxygen atoms in total. The Balaban J connectivity index is 2.02. The molecule has 0 saturated carbocycles. The van der Waals surface area contributed by atoms with Crippen LogP contribution in [-0.4, -0.2) is 31.2 Å². The summed E-state index contributed by atoms with van der Waals surface area (Å²) in [5, 5.41) is 3.70. The van der Waals surface area contributed by atoms with Crippen molar-refractivity contribution in [2.24, 2.45) is 5.16 Å². The fourth-order valence-electron chi connectivity index (χ4n) is 2.27. The predicted octanol–water partition coefficient (Wildman–Crippen LogP) is 3.50. The molecule has 2 rings (SSSR count). The van der Waals surface area contributed by atoms with E-state index in [1.165, 1.54) is 12.7 Å². The van der Waals surface area contributed by atoms with Crippen LogP contribution >= 0.6 is 0 Å². The van der Waals surface area contributed by atoms with E-state index in [0.29, 0.717) is 12.1 Å². The van der Waals surface area contributed by atoms with Gasteiger partial charge in [0.1, 0.15) is 7.11 Å². The number of carbonyl (C=O) groups is 1. The van der Waals surface area contributed by atoms with Crippen molar-refractivity contribution in [2.45, 2.75) is 19.9 Å². The van der Waals surface area contributed by atoms with Crippen molar-refractivity contribution in [3.8, 4) is 0 Å². The maximum absolute atomic E-state index is 12.5. The highest BCUT2D eigenvalue weighted by Crippen LogP contribution is 2.11. The van der Waals surface area contributed by atoms with Gasteiger partial charge in [-0.15, -0.1) is 0 Å². The molecule has 0 heterocycles. The lowest BCUT2D eigenvalue weighted by atomic mass is 10.1. The minimum absolute atomic E-state index is 0.000187. The Kier molecular flexibility index (Phi) is 5.92. The number of benzene rings is 2. The van der Waals surface area contributed by atoms with Crippen LogP contribution in [0, 0.1) is 0 Å². The maximum Gasteiger partial charge on any atom is 0.253 e. The van der Waals surface area contributed by atoms with Crippen molar-refractivity contribution in [2.75, 3.05) is 14.2 Å². The van der Waals surface area contributed by atoms with Crippen LogP contribution in [0.25, 0.3) is 0 Å². The molecule has 0 atom stereocenters. The first-order chi connectivity index (χ1) is 11.1. The van der Waals surface area contributed by atoms with E-state index in [0.717, 1.165) is 17.5 Å². The van der Waals surface area contributed by atoms with Crippen LogP contribution in [0.4, 0.5) is 0 Å². The van der Waals surface area contributed by atoms with Crippen molar-refractivity contribution in [1.29, 1.82) is 0 Å². The summed E-state index contributed by atoms with van der Waals surface area (Å²) in [5.74, 6) is -0.000187. The number of oxime groups is 1. The lowest BCUT2D eigenvalue weighted by molar-refractivity contribution is 0.0785. The van der Waals surface area contributed by atoms with E-state index in [1.54, 1.807) is 23.2 Å². The number of aryl methyl sites for hydroxylation is 1. The molecule has 2 aromatic carbocycles. The quantitative estimate of drug-likeness (QED) is 0.605. The van der Waals surface area contributed by atoms with Crippen LogP contribution < -0.4 is 0 Å². The first-order valence-corrected chi connectivity index (χ1v) is 7.64. The molecule has 23 heavy (non-hydrogen) atoms. The van der Waals surface area contributed by atoms with Crippen molar-refractivity contribution >= 4 is 12.1 Å². The Morgan fingerprint density at radius 3 is 2.26 bits per heavy atom. The van der Waals surface area contributed by atoms with Crippen LogP contribution in [-0.2, 0) is 17.8 Å². The molecule has 120 valence electrons. The summed E-state index contributed by atoms with van der Waals surface area (Å²) in [4.78, 5) is 18.8. The van der Waals surface area contributed by atoms with Crippen molar-refractivity contribution in [3.63, 3.8) is 0 Å². The molecular formula is C19H22N2O2. The molecule has 0 unspecified atom stereocenters. The second-order valence-corrected chi connectivity index (χ2v) is 5.37. The van der Waals surface area contributed by atoms with Gasteiger partial charge >= 0.3 is 0 Å². The van der Waals surface area contributed by atoms with Gasteiger partial charge < -0.3 is 9.74 Å². The summed E-state index contributed by atoms with van der Waals surface area (Å²) in [7, 11) is 3.31. The Hall–Kier alpha value is -2.62. The van der Waals surface area contributed by atoms with E-state index in [1.807, 2.05) is 19.2 Å². The molecule has 0 aromatic heterocycles. The molecule has 0 aliphatic carbocycles. The maximum atomic E-state index is 12.5. The van der Waals surface area contributed by atoms with Crippen LogP contribution in [0.1, 0.15) is 34.0 Å². The van der Waals surface area contributed by atoms with Gasteiger partial charge in [-0.2, -0.15) is 0 Å². The third-order valence-electron chi connectivity index (χ3n) is 3.66. The van der Waals surface area contributed by atoms with Gasteiger partial charge in [0.15, 0.2) is 0 Å². The average Bonchev–Trinajstić information content (AvgIpc) is 2.60. The van der Waals surface area contributed by atoms with Gasteiger partial charge in [0, 0.05) is 19.2 Å². The van der Waals surface area contributed by atoms with E-state index >= 15 is 0 Å². The molecule has 0 aliphatic heterocycles. The smallest absolute Gasteiger partial charge is 0.253 e. The molecule has 0 fully saturated rings. The first-order valence-electron chi connectivity index (χ1n) is 7.64. The third-order valence-corrected chi connectivity index (χ3v) is 3.66. The van der Waals surface area contributed by atoms with Gasteiger partial charge in [-0.3, -0.25) is 4.79 Å². The second-order valence-electron chi connectivity index (χ2n) is 5.37. The zero-order valence-corrected chi connectivity index (χ0v) is 13.8. The minimum Gasteiger partial charge on any atom is -0.399 e. The predicted molar refractivity (Wildman–Crippen MR) is 92.7 cm³/mol. The summed E-state index contributed by atoms with van der Waals surface area (Å²) in [6, 6.07) is 15.7. The summed E-state index contributed by atoms with van der Waals surface area (Å²) < 4.78 is 0. The van der Waals surface area contributed by atoms with Crippen LogP contribution in [0.2, 0.25) is 0 Å². The molecule has 0 bridgehead atoms. The molecule has 0 saturated heterocycles. The number of nitrogens with zero attached hydrogens (tertiary/aromatic N) is 2. The van der Waals surface area contributed by atoms with Gasteiger partial charge in [-0.05, 0) is 35.2 Å². The Bertz CT molecular complexity index is 661. The molecular weight excluding hydrogens is 288 g/mol. The minimum atomic E-state index is -0.000187. The number of rotatable bonds is 6. The lowest BCUT2D eigenvalue weighted by Crippen LogP contribution is -2.26. The second kappa shape index (κ2) is 8.13. The van der Waals surface area contributed by atoms with Crippen molar-refractivity contribution in [3.05, 3.63) is 70.8 Å². The average molecular weight is 310 g/mol. The highest BCUT2D eigenvalue weighted by molar-refractivity contribution is 5.94. The SMILES string of the molecule is CCc1ccc(CN(C)C(=O)c2ccc(/C=N/OC)cc2)cc1. The monoisotopic (exact) mass is 310 g/mol. The standard InChI is InChI=1S/C19H22N2O2/c1-4-15-5-7-17(8-6-15)14-21(2)19(22)18-11-9-16(10-12-18)13-20-23-3/h5-13H,4,14H2,1-3H3/b20-13+. The number of amides is 1. The number of hydrogen-bond donors (Lipinski definition) is 0. The zero-order valence-electron chi connectivity index (χ0n) is 13.8. The molecule has 0 spiro atoms. The molecule has 2 aromatic rings.